The third kappa shape index (κ3) is 4.34. The molecule has 0 amide bonds. The van der Waals surface area contributed by atoms with Crippen LogP contribution in [0.1, 0.15) is 5.56 Å². The average molecular weight is 350 g/mol. The predicted molar refractivity (Wildman–Crippen MR) is 95.3 cm³/mol. The van der Waals surface area contributed by atoms with Crippen molar-refractivity contribution in [2.24, 2.45) is 5.73 Å². The number of rotatable bonds is 6. The molecule has 0 atom stereocenters. The summed E-state index contributed by atoms with van der Waals surface area (Å²) in [6, 6.07) is 15.0. The van der Waals surface area contributed by atoms with E-state index in [0.29, 0.717) is 24.0 Å². The Kier molecular flexibility index (Phi) is 5.78. The smallest absolute Gasteiger partial charge is 0.274 e. The van der Waals surface area contributed by atoms with E-state index in [1.54, 1.807) is 24.3 Å². The Bertz CT molecular complexity index is 756. The first kappa shape index (κ1) is 17.1. The van der Waals surface area contributed by atoms with E-state index in [-0.39, 0.29) is 18.2 Å². The molecular weight excluding hydrogens is 334 g/mol. The van der Waals surface area contributed by atoms with Gasteiger partial charge in [-0.1, -0.05) is 23.5 Å². The molecule has 1 aromatic heterocycles. The van der Waals surface area contributed by atoms with Gasteiger partial charge >= 0.3 is 0 Å². The highest BCUT2D eigenvalue weighted by atomic mass is 35.5. The van der Waals surface area contributed by atoms with Crippen LogP contribution in [-0.4, -0.2) is 24.0 Å². The minimum atomic E-state index is 0. The molecule has 0 radical (unpaired) electrons. The quantitative estimate of drug-likeness (QED) is 0.405. The lowest BCUT2D eigenvalue weighted by molar-refractivity contribution is 0.217. The molecule has 5 nitrogen and oxygen atoms in total. The molecule has 0 fully saturated rings. The fourth-order valence-corrected chi connectivity index (χ4v) is 2.77. The van der Waals surface area contributed by atoms with Crippen LogP contribution in [0.2, 0.25) is 0 Å². The molecule has 0 spiro atoms. The monoisotopic (exact) mass is 349 g/mol. The van der Waals surface area contributed by atoms with Crippen molar-refractivity contribution >= 4 is 39.8 Å². The Balaban J connectivity index is 0.00000192. The molecule has 0 aliphatic carbocycles. The molecule has 0 saturated heterocycles. The highest BCUT2D eigenvalue weighted by Gasteiger charge is 2.04. The number of hydrogen-bond donors (Lipinski definition) is 2. The summed E-state index contributed by atoms with van der Waals surface area (Å²) in [5.41, 5.74) is 7.02. The lowest BCUT2D eigenvalue weighted by Crippen LogP contribution is -2.11. The molecule has 0 unspecified atom stereocenters. The van der Waals surface area contributed by atoms with Gasteiger partial charge in [-0.05, 0) is 36.4 Å². The summed E-state index contributed by atoms with van der Waals surface area (Å²) < 4.78 is 12.3. The molecule has 0 saturated carbocycles. The molecule has 2 aromatic carbocycles. The van der Waals surface area contributed by atoms with Gasteiger partial charge in [-0.25, -0.2) is 4.98 Å². The number of fused-ring (bicyclic) bond motifs is 1. The molecule has 0 bridgehead atoms. The standard InChI is InChI=1S/C16H15N3O2S.ClH/c17-15(18)11-5-7-12(8-6-11)20-9-10-21-16-19-13-3-1-2-4-14(13)22-16;/h1-8H,9-10H2,(H3,17,18);1H. The van der Waals surface area contributed by atoms with Gasteiger partial charge in [-0.2, -0.15) is 0 Å². The van der Waals surface area contributed by atoms with Gasteiger partial charge in [-0.3, -0.25) is 5.41 Å². The van der Waals surface area contributed by atoms with E-state index in [2.05, 4.69) is 4.98 Å². The lowest BCUT2D eigenvalue weighted by atomic mass is 10.2. The Morgan fingerprint density at radius 1 is 1.04 bits per heavy atom. The summed E-state index contributed by atoms with van der Waals surface area (Å²) in [7, 11) is 0. The van der Waals surface area contributed by atoms with E-state index in [0.717, 1.165) is 16.0 Å². The van der Waals surface area contributed by atoms with Crippen molar-refractivity contribution in [3.63, 3.8) is 0 Å². The van der Waals surface area contributed by atoms with Crippen molar-refractivity contribution in [1.29, 1.82) is 5.41 Å². The summed E-state index contributed by atoms with van der Waals surface area (Å²) in [4.78, 5) is 4.39. The van der Waals surface area contributed by atoms with Crippen molar-refractivity contribution < 1.29 is 9.47 Å². The summed E-state index contributed by atoms with van der Waals surface area (Å²) in [6.45, 7) is 0.851. The van der Waals surface area contributed by atoms with Crippen molar-refractivity contribution in [1.82, 2.24) is 4.98 Å². The van der Waals surface area contributed by atoms with Crippen LogP contribution in [0.3, 0.4) is 0 Å². The fourth-order valence-electron chi connectivity index (χ4n) is 1.93. The second kappa shape index (κ2) is 7.80. The number of ether oxygens (including phenoxy) is 2. The van der Waals surface area contributed by atoms with Crippen LogP contribution in [0.4, 0.5) is 0 Å². The molecule has 0 aliphatic rings. The second-order valence-corrected chi connectivity index (χ2v) is 5.58. The van der Waals surface area contributed by atoms with Gasteiger partial charge in [0.2, 0.25) is 0 Å². The predicted octanol–water partition coefficient (Wildman–Crippen LogP) is 3.46. The summed E-state index contributed by atoms with van der Waals surface area (Å²) in [5.74, 6) is 0.767. The Hall–Kier alpha value is -2.31. The maximum atomic E-state index is 7.33. The number of nitrogen functional groups attached to an aromatic ring is 1. The summed E-state index contributed by atoms with van der Waals surface area (Å²) in [5, 5.41) is 7.98. The highest BCUT2D eigenvalue weighted by molar-refractivity contribution is 7.20. The second-order valence-electron chi connectivity index (χ2n) is 4.58. The Labute approximate surface area is 144 Å². The van der Waals surface area contributed by atoms with E-state index in [4.69, 9.17) is 20.6 Å². The van der Waals surface area contributed by atoms with Crippen molar-refractivity contribution in [3.05, 3.63) is 54.1 Å². The van der Waals surface area contributed by atoms with Crippen LogP contribution in [-0.2, 0) is 0 Å². The molecule has 0 aliphatic heterocycles. The zero-order valence-electron chi connectivity index (χ0n) is 12.2. The first-order chi connectivity index (χ1) is 10.7. The Morgan fingerprint density at radius 2 is 1.74 bits per heavy atom. The van der Waals surface area contributed by atoms with Gasteiger partial charge in [0, 0.05) is 5.56 Å². The summed E-state index contributed by atoms with van der Waals surface area (Å²) >= 11 is 1.52. The third-order valence-electron chi connectivity index (χ3n) is 3.02. The maximum absolute atomic E-state index is 7.33. The van der Waals surface area contributed by atoms with Gasteiger partial charge < -0.3 is 15.2 Å². The van der Waals surface area contributed by atoms with Gasteiger partial charge in [0.15, 0.2) is 0 Å². The highest BCUT2D eigenvalue weighted by Crippen LogP contribution is 2.27. The van der Waals surface area contributed by atoms with E-state index in [1.165, 1.54) is 11.3 Å². The van der Waals surface area contributed by atoms with Crippen molar-refractivity contribution in [2.45, 2.75) is 0 Å². The number of nitrogens with zero attached hydrogens (tertiary/aromatic N) is 1. The zero-order valence-corrected chi connectivity index (χ0v) is 13.8. The number of hydrogen-bond acceptors (Lipinski definition) is 5. The number of thiazole rings is 1. The lowest BCUT2D eigenvalue weighted by Gasteiger charge is -2.07. The largest absolute Gasteiger partial charge is 0.490 e. The normalized spacial score (nSPS) is 10.1. The molecule has 3 N–H and O–H groups in total. The van der Waals surface area contributed by atoms with E-state index in [1.807, 2.05) is 24.3 Å². The molecule has 3 rings (SSSR count). The van der Waals surface area contributed by atoms with Crippen LogP contribution in [0, 0.1) is 5.41 Å². The SMILES string of the molecule is Cl.N=C(N)c1ccc(OCCOc2nc3ccccc3s2)cc1. The number of nitrogens with one attached hydrogen (secondary N) is 1. The van der Waals surface area contributed by atoms with Crippen LogP contribution in [0.25, 0.3) is 10.2 Å². The average Bonchev–Trinajstić information content (AvgIpc) is 2.95. The first-order valence-corrected chi connectivity index (χ1v) is 7.59. The topological polar surface area (TPSA) is 81.2 Å². The maximum Gasteiger partial charge on any atom is 0.274 e. The molecule has 7 heteroatoms. The van der Waals surface area contributed by atoms with Crippen molar-refractivity contribution in [3.8, 4) is 10.9 Å². The fraction of sp³-hybridized carbons (Fsp3) is 0.125. The van der Waals surface area contributed by atoms with Gasteiger partial charge in [0.25, 0.3) is 5.19 Å². The zero-order chi connectivity index (χ0) is 15.4. The number of aromatic nitrogens is 1. The van der Waals surface area contributed by atoms with Gasteiger partial charge in [0.05, 0.1) is 10.2 Å². The molecule has 3 aromatic rings. The number of halogens is 1. The van der Waals surface area contributed by atoms with Crippen LogP contribution in [0.15, 0.2) is 48.5 Å². The first-order valence-electron chi connectivity index (χ1n) is 6.78. The summed E-state index contributed by atoms with van der Waals surface area (Å²) in [6.07, 6.45) is 0. The van der Waals surface area contributed by atoms with Gasteiger partial charge in [0.1, 0.15) is 24.8 Å². The number of amidine groups is 1. The van der Waals surface area contributed by atoms with E-state index >= 15 is 0 Å². The number of para-hydroxylation sites is 1. The molecule has 23 heavy (non-hydrogen) atoms. The van der Waals surface area contributed by atoms with Gasteiger partial charge in [-0.15, -0.1) is 12.4 Å². The Morgan fingerprint density at radius 3 is 2.43 bits per heavy atom. The molecule has 120 valence electrons. The number of nitrogens with two attached hydrogens (primary N) is 1. The van der Waals surface area contributed by atoms with Crippen molar-refractivity contribution in [2.75, 3.05) is 13.2 Å². The minimum Gasteiger partial charge on any atom is -0.490 e. The van der Waals surface area contributed by atoms with Crippen LogP contribution in [0.5, 0.6) is 10.9 Å². The van der Waals surface area contributed by atoms with E-state index < -0.39 is 0 Å². The number of benzene rings is 2. The molecular formula is C16H16ClN3O2S. The molecule has 1 heterocycles. The van der Waals surface area contributed by atoms with Crippen LogP contribution < -0.4 is 15.2 Å². The van der Waals surface area contributed by atoms with E-state index in [9.17, 15) is 0 Å². The van der Waals surface area contributed by atoms with Crippen LogP contribution >= 0.6 is 23.7 Å². The minimum absolute atomic E-state index is 0. The third-order valence-corrected chi connectivity index (χ3v) is 3.97.